The highest BCUT2D eigenvalue weighted by molar-refractivity contribution is 6.07. The Morgan fingerprint density at radius 3 is 2.55 bits per heavy atom. The Hall–Kier alpha value is -1.39. The van der Waals surface area contributed by atoms with Gasteiger partial charge in [-0.15, -0.1) is 0 Å². The van der Waals surface area contributed by atoms with Crippen LogP contribution >= 0.6 is 0 Å². The van der Waals surface area contributed by atoms with Gasteiger partial charge in [-0.1, -0.05) is 6.92 Å². The predicted molar refractivity (Wildman–Crippen MR) is 75.1 cm³/mol. The van der Waals surface area contributed by atoms with Crippen molar-refractivity contribution >= 4 is 17.7 Å². The number of rotatable bonds is 5. The molecule has 1 saturated heterocycles. The van der Waals surface area contributed by atoms with Crippen LogP contribution < -0.4 is 5.32 Å². The number of nitrogens with one attached hydrogen (secondary N) is 1. The van der Waals surface area contributed by atoms with Gasteiger partial charge in [-0.2, -0.15) is 0 Å². The van der Waals surface area contributed by atoms with E-state index >= 15 is 0 Å². The van der Waals surface area contributed by atoms with Gasteiger partial charge >= 0.3 is 6.03 Å². The van der Waals surface area contributed by atoms with E-state index in [0.29, 0.717) is 25.3 Å². The van der Waals surface area contributed by atoms with E-state index in [9.17, 15) is 14.4 Å². The largest absolute Gasteiger partial charge is 0.325 e. The van der Waals surface area contributed by atoms with Gasteiger partial charge in [0.25, 0.3) is 5.91 Å². The van der Waals surface area contributed by atoms with E-state index in [-0.39, 0.29) is 17.7 Å². The van der Waals surface area contributed by atoms with Crippen LogP contribution in [0.4, 0.5) is 4.79 Å². The number of carbonyl (C=O) groups excluding carboxylic acids is 3. The van der Waals surface area contributed by atoms with Gasteiger partial charge < -0.3 is 10.1 Å². The van der Waals surface area contributed by atoms with Crippen molar-refractivity contribution in [3.05, 3.63) is 0 Å². The fourth-order valence-electron chi connectivity index (χ4n) is 3.12. The number of unbranched alkanes of at least 4 members (excludes halogenated alkanes) is 1. The molecule has 2 fully saturated rings. The van der Waals surface area contributed by atoms with Crippen molar-refractivity contribution in [3.63, 3.8) is 0 Å². The van der Waals surface area contributed by atoms with Crippen LogP contribution in [0, 0.1) is 5.92 Å². The summed E-state index contributed by atoms with van der Waals surface area (Å²) >= 11 is 0. The van der Waals surface area contributed by atoms with E-state index in [2.05, 4.69) is 12.2 Å². The van der Waals surface area contributed by atoms with Gasteiger partial charge in [0, 0.05) is 13.0 Å². The topological polar surface area (TPSA) is 66.5 Å². The molecule has 1 N–H and O–H groups in total. The Balaban J connectivity index is 1.90. The summed E-state index contributed by atoms with van der Waals surface area (Å²) in [5.74, 6) is 0.729. The Bertz CT molecular complexity index is 411. The van der Waals surface area contributed by atoms with Gasteiger partial charge in [-0.05, 0) is 51.4 Å². The van der Waals surface area contributed by atoms with E-state index in [1.165, 1.54) is 4.90 Å². The van der Waals surface area contributed by atoms with Crippen molar-refractivity contribution in [3.8, 4) is 0 Å². The second kappa shape index (κ2) is 5.94. The maximum Gasteiger partial charge on any atom is 0.325 e. The lowest BCUT2D eigenvalue weighted by Gasteiger charge is -2.33. The molecule has 1 saturated carbocycles. The average molecular weight is 280 g/mol. The van der Waals surface area contributed by atoms with Crippen molar-refractivity contribution in [2.75, 3.05) is 6.54 Å². The highest BCUT2D eigenvalue weighted by Gasteiger charge is 2.51. The van der Waals surface area contributed by atoms with Crippen molar-refractivity contribution in [1.82, 2.24) is 10.2 Å². The molecule has 1 aliphatic heterocycles. The van der Waals surface area contributed by atoms with E-state index in [0.717, 1.165) is 32.1 Å². The van der Waals surface area contributed by atoms with Gasteiger partial charge in [0.15, 0.2) is 0 Å². The molecular weight excluding hydrogens is 256 g/mol. The lowest BCUT2D eigenvalue weighted by molar-refractivity contribution is -0.132. The number of amides is 3. The van der Waals surface area contributed by atoms with Gasteiger partial charge in [0.05, 0.1) is 0 Å². The molecule has 112 valence electrons. The predicted octanol–water partition coefficient (Wildman–Crippen LogP) is 2.25. The Morgan fingerprint density at radius 2 is 1.95 bits per heavy atom. The molecule has 0 bridgehead atoms. The first-order valence-electron chi connectivity index (χ1n) is 7.58. The normalized spacial score (nSPS) is 29.9. The van der Waals surface area contributed by atoms with Gasteiger partial charge in [0.2, 0.25) is 0 Å². The monoisotopic (exact) mass is 280 g/mol. The molecular formula is C15H24N2O3. The summed E-state index contributed by atoms with van der Waals surface area (Å²) in [6.07, 6.45) is 5.44. The van der Waals surface area contributed by atoms with E-state index < -0.39 is 5.54 Å². The van der Waals surface area contributed by atoms with E-state index in [1.54, 1.807) is 6.92 Å². The number of hydrogen-bond acceptors (Lipinski definition) is 3. The lowest BCUT2D eigenvalue weighted by Crippen LogP contribution is -2.49. The summed E-state index contributed by atoms with van der Waals surface area (Å²) in [4.78, 5) is 36.7. The van der Waals surface area contributed by atoms with Crippen LogP contribution in [-0.4, -0.2) is 34.7 Å². The third kappa shape index (κ3) is 3.02. The van der Waals surface area contributed by atoms with Crippen molar-refractivity contribution in [2.45, 2.75) is 64.3 Å². The van der Waals surface area contributed by atoms with Crippen LogP contribution in [0.5, 0.6) is 0 Å². The summed E-state index contributed by atoms with van der Waals surface area (Å²) < 4.78 is 0. The van der Waals surface area contributed by atoms with Crippen LogP contribution in [-0.2, 0) is 9.59 Å². The van der Waals surface area contributed by atoms with Crippen LogP contribution in [0.2, 0.25) is 0 Å². The van der Waals surface area contributed by atoms with Gasteiger partial charge in [-0.25, -0.2) is 4.79 Å². The number of urea groups is 1. The molecule has 0 aromatic carbocycles. The zero-order valence-corrected chi connectivity index (χ0v) is 12.4. The molecule has 1 spiro atoms. The van der Waals surface area contributed by atoms with Crippen LogP contribution in [0.15, 0.2) is 0 Å². The van der Waals surface area contributed by atoms with Crippen LogP contribution in [0.3, 0.4) is 0 Å². The van der Waals surface area contributed by atoms with Crippen LogP contribution in [0.25, 0.3) is 0 Å². The molecule has 0 aromatic heterocycles. The highest BCUT2D eigenvalue weighted by Crippen LogP contribution is 2.36. The number of nitrogens with zero attached hydrogens (tertiary/aromatic N) is 1. The summed E-state index contributed by atoms with van der Waals surface area (Å²) in [5, 5.41) is 2.91. The van der Waals surface area contributed by atoms with E-state index in [1.807, 2.05) is 0 Å². The quantitative estimate of drug-likeness (QED) is 0.620. The first kappa shape index (κ1) is 15.0. The zero-order valence-electron chi connectivity index (χ0n) is 12.4. The second-order valence-corrected chi connectivity index (χ2v) is 6.31. The average Bonchev–Trinajstić information content (AvgIpc) is 2.62. The summed E-state index contributed by atoms with van der Waals surface area (Å²) in [6.45, 7) is 4.18. The Labute approximate surface area is 120 Å². The number of ketones is 1. The first-order chi connectivity index (χ1) is 9.44. The molecule has 5 heteroatoms. The number of imide groups is 1. The molecule has 1 heterocycles. The highest BCUT2D eigenvalue weighted by atomic mass is 16.2. The minimum absolute atomic E-state index is 0.0581. The summed E-state index contributed by atoms with van der Waals surface area (Å²) in [5.41, 5.74) is -0.635. The number of hydrogen-bond donors (Lipinski definition) is 1. The first-order valence-corrected chi connectivity index (χ1v) is 7.58. The molecule has 2 aliphatic rings. The molecule has 0 aromatic rings. The molecule has 0 unspecified atom stereocenters. The van der Waals surface area contributed by atoms with Gasteiger partial charge in [0.1, 0.15) is 11.3 Å². The maximum absolute atomic E-state index is 12.5. The molecule has 3 amide bonds. The minimum atomic E-state index is -0.635. The second-order valence-electron chi connectivity index (χ2n) is 6.31. The van der Waals surface area contributed by atoms with Crippen molar-refractivity contribution in [2.24, 2.45) is 5.92 Å². The standard InChI is InChI=1S/C15H24N2O3/c1-11-6-8-15(9-7-11)13(19)17(14(20)16-15)10-4-3-5-12(2)18/h11H,3-10H2,1-2H3,(H,16,20). The summed E-state index contributed by atoms with van der Waals surface area (Å²) in [6, 6.07) is -0.257. The van der Waals surface area contributed by atoms with Crippen molar-refractivity contribution in [1.29, 1.82) is 0 Å². The smallest absolute Gasteiger partial charge is 0.323 e. The maximum atomic E-state index is 12.5. The molecule has 0 radical (unpaired) electrons. The third-order valence-electron chi connectivity index (χ3n) is 4.53. The number of Topliss-reactive ketones (excluding diaryl/α,β-unsaturated/α-hetero) is 1. The lowest BCUT2D eigenvalue weighted by atomic mass is 9.77. The number of carbonyl (C=O) groups is 3. The zero-order chi connectivity index (χ0) is 14.8. The molecule has 5 nitrogen and oxygen atoms in total. The Kier molecular flexibility index (Phi) is 4.45. The SMILES string of the molecule is CC(=O)CCCCN1C(=O)NC2(CCC(C)CC2)C1=O. The molecule has 20 heavy (non-hydrogen) atoms. The third-order valence-corrected chi connectivity index (χ3v) is 4.53. The molecule has 1 aliphatic carbocycles. The van der Waals surface area contributed by atoms with Crippen LogP contribution in [0.1, 0.15) is 58.8 Å². The van der Waals surface area contributed by atoms with E-state index in [4.69, 9.17) is 0 Å². The molecule has 2 rings (SSSR count). The Morgan fingerprint density at radius 1 is 1.30 bits per heavy atom. The molecule has 0 atom stereocenters. The fraction of sp³-hybridized carbons (Fsp3) is 0.800. The minimum Gasteiger partial charge on any atom is -0.323 e. The van der Waals surface area contributed by atoms with Gasteiger partial charge in [-0.3, -0.25) is 9.69 Å². The fourth-order valence-corrected chi connectivity index (χ4v) is 3.12. The summed E-state index contributed by atoms with van der Waals surface area (Å²) in [7, 11) is 0. The van der Waals surface area contributed by atoms with Crippen molar-refractivity contribution < 1.29 is 14.4 Å².